The summed E-state index contributed by atoms with van der Waals surface area (Å²) in [6.07, 6.45) is 0.636. The Balaban J connectivity index is 2.32. The summed E-state index contributed by atoms with van der Waals surface area (Å²) in [4.78, 5) is 11.5. The summed E-state index contributed by atoms with van der Waals surface area (Å²) in [5.74, 6) is -0.272. The maximum atomic E-state index is 12.0. The summed E-state index contributed by atoms with van der Waals surface area (Å²) in [5.41, 5.74) is 1.41. The Morgan fingerprint density at radius 1 is 1.50 bits per heavy atom. The number of fused-ring (bicyclic) bond motifs is 1. The smallest absolute Gasteiger partial charge is 0.387 e. The first-order chi connectivity index (χ1) is 7.61. The molecule has 0 bridgehead atoms. The second-order valence-electron chi connectivity index (χ2n) is 3.58. The lowest BCUT2D eigenvalue weighted by Crippen LogP contribution is -2.10. The fraction of sp³-hybridized carbons (Fsp3) is 0.364. The van der Waals surface area contributed by atoms with Gasteiger partial charge in [-0.2, -0.15) is 8.78 Å². The van der Waals surface area contributed by atoms with Crippen molar-refractivity contribution in [3.05, 3.63) is 23.8 Å². The number of hydrogen-bond donors (Lipinski definition) is 1. The lowest BCUT2D eigenvalue weighted by atomic mass is 9.98. The molecule has 0 saturated carbocycles. The van der Waals surface area contributed by atoms with Crippen molar-refractivity contribution in [2.24, 2.45) is 0 Å². The van der Waals surface area contributed by atoms with Crippen LogP contribution in [0, 0.1) is 0 Å². The fourth-order valence-corrected chi connectivity index (χ4v) is 1.89. The molecule has 86 valence electrons. The molecule has 0 aliphatic carbocycles. The van der Waals surface area contributed by atoms with E-state index in [9.17, 15) is 13.6 Å². The van der Waals surface area contributed by atoms with E-state index in [1.54, 1.807) is 6.07 Å². The van der Waals surface area contributed by atoms with Crippen molar-refractivity contribution in [3.63, 3.8) is 0 Å². The van der Waals surface area contributed by atoms with Gasteiger partial charge in [-0.05, 0) is 30.2 Å². The van der Waals surface area contributed by atoms with Crippen molar-refractivity contribution in [2.75, 3.05) is 5.32 Å². The molecule has 3 nitrogen and oxygen atoms in total. The lowest BCUT2D eigenvalue weighted by Gasteiger charge is -2.08. The summed E-state index contributed by atoms with van der Waals surface area (Å²) in [5, 5.41) is 2.70. The van der Waals surface area contributed by atoms with Crippen molar-refractivity contribution < 1.29 is 18.3 Å². The van der Waals surface area contributed by atoms with Crippen LogP contribution in [0.15, 0.2) is 18.2 Å². The predicted molar refractivity (Wildman–Crippen MR) is 54.7 cm³/mol. The molecule has 1 aromatic carbocycles. The second-order valence-corrected chi connectivity index (χ2v) is 3.58. The van der Waals surface area contributed by atoms with Crippen LogP contribution in [0.5, 0.6) is 5.75 Å². The maximum Gasteiger partial charge on any atom is 0.387 e. The monoisotopic (exact) mass is 227 g/mol. The number of hydrogen-bond acceptors (Lipinski definition) is 2. The van der Waals surface area contributed by atoms with E-state index in [4.69, 9.17) is 0 Å². The van der Waals surface area contributed by atoms with E-state index < -0.39 is 6.61 Å². The highest BCUT2D eigenvalue weighted by atomic mass is 19.3. The van der Waals surface area contributed by atoms with Crippen molar-refractivity contribution >= 4 is 11.6 Å². The zero-order valence-electron chi connectivity index (χ0n) is 8.67. The van der Waals surface area contributed by atoms with Gasteiger partial charge in [-0.15, -0.1) is 0 Å². The van der Waals surface area contributed by atoms with E-state index in [2.05, 4.69) is 10.1 Å². The SMILES string of the molecule is CCC1C(=O)Nc2ccc(OC(F)F)cc21. The minimum atomic E-state index is -2.84. The molecular weight excluding hydrogens is 216 g/mol. The number of rotatable bonds is 3. The molecule has 1 atom stereocenters. The van der Waals surface area contributed by atoms with Crippen LogP contribution >= 0.6 is 0 Å². The Morgan fingerprint density at radius 3 is 2.88 bits per heavy atom. The van der Waals surface area contributed by atoms with Crippen LogP contribution in [0.3, 0.4) is 0 Å². The highest BCUT2D eigenvalue weighted by molar-refractivity contribution is 6.02. The summed E-state index contributed by atoms with van der Waals surface area (Å²) in [6.45, 7) is -0.969. The lowest BCUT2D eigenvalue weighted by molar-refractivity contribution is -0.117. The van der Waals surface area contributed by atoms with Crippen molar-refractivity contribution in [3.8, 4) is 5.75 Å². The normalized spacial score (nSPS) is 18.5. The van der Waals surface area contributed by atoms with E-state index >= 15 is 0 Å². The zero-order valence-corrected chi connectivity index (χ0v) is 8.67. The van der Waals surface area contributed by atoms with Gasteiger partial charge in [-0.1, -0.05) is 6.92 Å². The van der Waals surface area contributed by atoms with E-state index in [1.807, 2.05) is 6.92 Å². The largest absolute Gasteiger partial charge is 0.435 e. The van der Waals surface area contributed by atoms with Gasteiger partial charge in [0, 0.05) is 5.69 Å². The molecule has 1 heterocycles. The number of alkyl halides is 2. The first kappa shape index (κ1) is 10.9. The summed E-state index contributed by atoms with van der Waals surface area (Å²) in [7, 11) is 0. The number of halogens is 2. The van der Waals surface area contributed by atoms with E-state index in [0.29, 0.717) is 12.1 Å². The molecule has 5 heteroatoms. The van der Waals surface area contributed by atoms with Gasteiger partial charge in [0.1, 0.15) is 5.75 Å². The van der Waals surface area contributed by atoms with Gasteiger partial charge in [0.25, 0.3) is 0 Å². The highest BCUT2D eigenvalue weighted by Gasteiger charge is 2.29. The molecule has 0 saturated heterocycles. The minimum absolute atomic E-state index is 0.0868. The van der Waals surface area contributed by atoms with Gasteiger partial charge in [0.15, 0.2) is 0 Å². The topological polar surface area (TPSA) is 38.3 Å². The predicted octanol–water partition coefficient (Wildman–Crippen LogP) is 2.73. The van der Waals surface area contributed by atoms with Gasteiger partial charge in [-0.3, -0.25) is 4.79 Å². The molecule has 1 aliphatic rings. The van der Waals surface area contributed by atoms with Crippen molar-refractivity contribution in [1.29, 1.82) is 0 Å². The molecule has 1 aliphatic heterocycles. The number of amides is 1. The Kier molecular flexibility index (Phi) is 2.77. The summed E-state index contributed by atoms with van der Waals surface area (Å²) >= 11 is 0. The number of nitrogens with one attached hydrogen (secondary N) is 1. The fourth-order valence-electron chi connectivity index (χ4n) is 1.89. The minimum Gasteiger partial charge on any atom is -0.435 e. The van der Waals surface area contributed by atoms with Gasteiger partial charge in [-0.25, -0.2) is 0 Å². The molecule has 1 aromatic rings. The molecule has 1 unspecified atom stereocenters. The molecule has 16 heavy (non-hydrogen) atoms. The van der Waals surface area contributed by atoms with E-state index in [1.165, 1.54) is 12.1 Å². The third kappa shape index (κ3) is 1.85. The van der Waals surface area contributed by atoms with Crippen LogP contribution in [0.1, 0.15) is 24.8 Å². The average molecular weight is 227 g/mol. The van der Waals surface area contributed by atoms with Crippen LogP contribution in [-0.2, 0) is 4.79 Å². The molecule has 0 aromatic heterocycles. The first-order valence-corrected chi connectivity index (χ1v) is 5.01. The number of carbonyl (C=O) groups excluding carboxylic acids is 1. The Labute approximate surface area is 91.4 Å². The van der Waals surface area contributed by atoms with Gasteiger partial charge in [0.05, 0.1) is 5.92 Å². The van der Waals surface area contributed by atoms with Crippen LogP contribution in [0.25, 0.3) is 0 Å². The van der Waals surface area contributed by atoms with Gasteiger partial charge < -0.3 is 10.1 Å². The molecular formula is C11H11F2NO2. The van der Waals surface area contributed by atoms with E-state index in [0.717, 1.165) is 5.56 Å². The molecule has 1 N–H and O–H groups in total. The molecule has 1 amide bonds. The zero-order chi connectivity index (χ0) is 11.7. The number of anilines is 1. The Morgan fingerprint density at radius 2 is 2.25 bits per heavy atom. The third-order valence-corrected chi connectivity index (χ3v) is 2.61. The first-order valence-electron chi connectivity index (χ1n) is 5.01. The molecule has 2 rings (SSSR count). The average Bonchev–Trinajstić information content (AvgIpc) is 2.52. The van der Waals surface area contributed by atoms with Gasteiger partial charge in [0.2, 0.25) is 5.91 Å². The van der Waals surface area contributed by atoms with Crippen molar-refractivity contribution in [1.82, 2.24) is 0 Å². The number of benzene rings is 1. The quantitative estimate of drug-likeness (QED) is 0.862. The standard InChI is InChI=1S/C11H11F2NO2/c1-2-7-8-5-6(16-11(12)13)3-4-9(8)14-10(7)15/h3-5,7,11H,2H2,1H3,(H,14,15). The Bertz CT molecular complexity index is 420. The summed E-state index contributed by atoms with van der Waals surface area (Å²) in [6, 6.07) is 4.50. The molecule has 0 fully saturated rings. The van der Waals surface area contributed by atoms with E-state index in [-0.39, 0.29) is 17.6 Å². The summed E-state index contributed by atoms with van der Waals surface area (Å²) < 4.78 is 28.3. The number of ether oxygens (including phenoxy) is 1. The molecule has 0 radical (unpaired) electrons. The van der Waals surface area contributed by atoms with Crippen molar-refractivity contribution in [2.45, 2.75) is 25.9 Å². The van der Waals surface area contributed by atoms with Crippen LogP contribution < -0.4 is 10.1 Å². The highest BCUT2D eigenvalue weighted by Crippen LogP contribution is 2.37. The third-order valence-electron chi connectivity index (χ3n) is 2.61. The second kappa shape index (κ2) is 4.08. The Hall–Kier alpha value is -1.65. The number of carbonyl (C=O) groups is 1. The maximum absolute atomic E-state index is 12.0. The molecule has 0 spiro atoms. The van der Waals surface area contributed by atoms with Crippen LogP contribution in [0.4, 0.5) is 14.5 Å². The van der Waals surface area contributed by atoms with Gasteiger partial charge >= 0.3 is 6.61 Å². The van der Waals surface area contributed by atoms with Crippen LogP contribution in [0.2, 0.25) is 0 Å². The van der Waals surface area contributed by atoms with Crippen LogP contribution in [-0.4, -0.2) is 12.5 Å².